The normalized spacial score (nSPS) is 14.9. The van der Waals surface area contributed by atoms with Gasteiger partial charge in [-0.15, -0.1) is 0 Å². The van der Waals surface area contributed by atoms with Gasteiger partial charge in [0.25, 0.3) is 0 Å². The molecular formula is C10H22NO7S-. The van der Waals surface area contributed by atoms with E-state index in [0.29, 0.717) is 0 Å². The van der Waals surface area contributed by atoms with Gasteiger partial charge < -0.3 is 25.0 Å². The third-order valence-electron chi connectivity index (χ3n) is 3.18. The van der Waals surface area contributed by atoms with Gasteiger partial charge in [-0.05, 0) is 12.8 Å². The summed E-state index contributed by atoms with van der Waals surface area (Å²) in [5.41, 5.74) is -1.17. The van der Waals surface area contributed by atoms with E-state index in [1.54, 1.807) is 6.92 Å². The van der Waals surface area contributed by atoms with E-state index < -0.39 is 40.9 Å². The zero-order valence-corrected chi connectivity index (χ0v) is 11.7. The van der Waals surface area contributed by atoms with Crippen LogP contribution in [0, 0.1) is 0 Å². The second-order valence-electron chi connectivity index (χ2n) is 4.34. The Labute approximate surface area is 113 Å². The Balaban J connectivity index is 4.96. The second-order valence-corrected chi connectivity index (χ2v) is 5.87. The van der Waals surface area contributed by atoms with Crippen LogP contribution in [0.5, 0.6) is 0 Å². The fraction of sp³-hybridized carbons (Fsp3) is 1.00. The standard InChI is InChI=1S/C10H23NO7S/c1-2-10(7-13,8-14)11(4-5-12)9(15)3-6-19(16,17)18/h9,12-15H,2-8H2,1H3,(H,16,17,18)/p-1. The first-order chi connectivity index (χ1) is 8.76. The molecule has 0 amide bonds. The van der Waals surface area contributed by atoms with Gasteiger partial charge in [0.05, 0.1) is 35.5 Å². The molecule has 0 saturated heterocycles. The first kappa shape index (κ1) is 18.7. The Bertz CT molecular complexity index is 334. The maximum atomic E-state index is 10.5. The molecule has 0 bridgehead atoms. The Morgan fingerprint density at radius 2 is 1.79 bits per heavy atom. The molecule has 0 aromatic rings. The molecule has 9 heteroatoms. The average Bonchev–Trinajstić information content (AvgIpc) is 2.36. The van der Waals surface area contributed by atoms with Crippen molar-refractivity contribution < 1.29 is 33.4 Å². The smallest absolute Gasteiger partial charge is 0.109 e. The van der Waals surface area contributed by atoms with E-state index in [1.165, 1.54) is 4.90 Å². The molecule has 1 unspecified atom stereocenters. The molecule has 0 spiro atoms. The number of hydrogen-bond acceptors (Lipinski definition) is 8. The van der Waals surface area contributed by atoms with Crippen molar-refractivity contribution >= 4 is 10.1 Å². The van der Waals surface area contributed by atoms with E-state index in [2.05, 4.69) is 0 Å². The maximum absolute atomic E-state index is 10.5. The summed E-state index contributed by atoms with van der Waals surface area (Å²) in [7, 11) is -4.46. The van der Waals surface area contributed by atoms with Gasteiger partial charge in [0.15, 0.2) is 0 Å². The lowest BCUT2D eigenvalue weighted by Gasteiger charge is -2.43. The molecule has 19 heavy (non-hydrogen) atoms. The quantitative estimate of drug-likeness (QED) is 0.260. The highest BCUT2D eigenvalue weighted by atomic mass is 32.2. The van der Waals surface area contributed by atoms with Gasteiger partial charge in [-0.1, -0.05) is 6.92 Å². The summed E-state index contributed by atoms with van der Waals surface area (Å²) < 4.78 is 31.6. The van der Waals surface area contributed by atoms with Crippen molar-refractivity contribution in [2.24, 2.45) is 0 Å². The maximum Gasteiger partial charge on any atom is 0.109 e. The highest BCUT2D eigenvalue weighted by Crippen LogP contribution is 2.22. The van der Waals surface area contributed by atoms with E-state index in [4.69, 9.17) is 5.11 Å². The van der Waals surface area contributed by atoms with Gasteiger partial charge in [0.1, 0.15) is 6.23 Å². The van der Waals surface area contributed by atoms with Crippen LogP contribution in [0.25, 0.3) is 0 Å². The lowest BCUT2D eigenvalue weighted by Crippen LogP contribution is -2.59. The second kappa shape index (κ2) is 8.10. The minimum Gasteiger partial charge on any atom is -0.748 e. The third-order valence-corrected chi connectivity index (χ3v) is 3.92. The summed E-state index contributed by atoms with van der Waals surface area (Å²) in [6.45, 7) is 0.328. The number of hydrogen-bond donors (Lipinski definition) is 4. The molecule has 0 heterocycles. The molecule has 0 aliphatic carbocycles. The van der Waals surface area contributed by atoms with Crippen molar-refractivity contribution in [2.45, 2.75) is 31.5 Å². The monoisotopic (exact) mass is 300 g/mol. The zero-order valence-electron chi connectivity index (χ0n) is 10.9. The molecule has 0 rings (SSSR count). The fourth-order valence-corrected chi connectivity index (χ4v) is 2.37. The molecule has 0 aliphatic heterocycles. The Morgan fingerprint density at radius 3 is 2.11 bits per heavy atom. The Hall–Kier alpha value is -0.290. The van der Waals surface area contributed by atoms with Gasteiger partial charge >= 0.3 is 0 Å². The molecule has 4 N–H and O–H groups in total. The Morgan fingerprint density at radius 1 is 1.26 bits per heavy atom. The number of β-amino-alcohol motifs (C(OH)–C–C–N with tert-alkyl or cyclic N) is 1. The van der Waals surface area contributed by atoms with E-state index in [-0.39, 0.29) is 26.0 Å². The predicted molar refractivity (Wildman–Crippen MR) is 66.2 cm³/mol. The molecule has 8 nitrogen and oxygen atoms in total. The van der Waals surface area contributed by atoms with Crippen LogP contribution in [-0.2, 0) is 10.1 Å². The van der Waals surface area contributed by atoms with Gasteiger partial charge in [-0.25, -0.2) is 8.42 Å². The summed E-state index contributed by atoms with van der Waals surface area (Å²) >= 11 is 0. The highest BCUT2D eigenvalue weighted by Gasteiger charge is 2.37. The van der Waals surface area contributed by atoms with Crippen LogP contribution in [0.15, 0.2) is 0 Å². The summed E-state index contributed by atoms with van der Waals surface area (Å²) in [5.74, 6) is -0.757. The lowest BCUT2D eigenvalue weighted by molar-refractivity contribution is -0.115. The van der Waals surface area contributed by atoms with Crippen molar-refractivity contribution in [2.75, 3.05) is 32.1 Å². The largest absolute Gasteiger partial charge is 0.748 e. The Kier molecular flexibility index (Phi) is 7.98. The van der Waals surface area contributed by atoms with Crippen LogP contribution in [0.4, 0.5) is 0 Å². The van der Waals surface area contributed by atoms with Crippen LogP contribution in [0.3, 0.4) is 0 Å². The van der Waals surface area contributed by atoms with Crippen LogP contribution in [0.1, 0.15) is 19.8 Å². The number of rotatable bonds is 10. The molecular weight excluding hydrogens is 278 g/mol. The zero-order chi connectivity index (χ0) is 15.1. The molecule has 0 aromatic heterocycles. The van der Waals surface area contributed by atoms with Crippen molar-refractivity contribution in [3.05, 3.63) is 0 Å². The first-order valence-corrected chi connectivity index (χ1v) is 7.55. The van der Waals surface area contributed by atoms with Gasteiger partial charge in [0.2, 0.25) is 0 Å². The SMILES string of the molecule is CCC(CO)(CO)N(CCO)C(O)CCS(=O)(=O)[O-]. The summed E-state index contributed by atoms with van der Waals surface area (Å²) in [4.78, 5) is 1.22. The minimum absolute atomic E-state index is 0.0605. The van der Waals surface area contributed by atoms with Gasteiger partial charge in [0, 0.05) is 12.3 Å². The molecule has 0 aromatic carbocycles. The molecule has 1 atom stereocenters. The van der Waals surface area contributed by atoms with Crippen molar-refractivity contribution in [3.63, 3.8) is 0 Å². The summed E-state index contributed by atoms with van der Waals surface area (Å²) in [6, 6.07) is 0. The lowest BCUT2D eigenvalue weighted by atomic mass is 9.95. The average molecular weight is 300 g/mol. The number of aliphatic hydroxyl groups is 4. The topological polar surface area (TPSA) is 141 Å². The van der Waals surface area contributed by atoms with Crippen LogP contribution < -0.4 is 0 Å². The summed E-state index contributed by atoms with van der Waals surface area (Å²) in [5, 5.41) is 37.6. The van der Waals surface area contributed by atoms with E-state index in [1.807, 2.05) is 0 Å². The van der Waals surface area contributed by atoms with E-state index in [9.17, 15) is 28.3 Å². The van der Waals surface area contributed by atoms with Crippen LogP contribution in [0.2, 0.25) is 0 Å². The van der Waals surface area contributed by atoms with Crippen LogP contribution in [-0.4, -0.2) is 82.2 Å². The number of aliphatic hydroxyl groups excluding tert-OH is 4. The molecule has 0 fully saturated rings. The fourth-order valence-electron chi connectivity index (χ4n) is 1.87. The van der Waals surface area contributed by atoms with Crippen molar-refractivity contribution in [1.82, 2.24) is 4.90 Å². The highest BCUT2D eigenvalue weighted by molar-refractivity contribution is 7.85. The van der Waals surface area contributed by atoms with E-state index in [0.717, 1.165) is 0 Å². The predicted octanol–water partition coefficient (Wildman–Crippen LogP) is -2.33. The number of nitrogens with zero attached hydrogens (tertiary/aromatic N) is 1. The third kappa shape index (κ3) is 5.69. The van der Waals surface area contributed by atoms with Crippen LogP contribution >= 0.6 is 0 Å². The minimum atomic E-state index is -4.46. The van der Waals surface area contributed by atoms with Gasteiger partial charge in [-0.3, -0.25) is 4.90 Å². The molecule has 116 valence electrons. The molecule has 0 saturated carbocycles. The van der Waals surface area contributed by atoms with Crippen molar-refractivity contribution in [3.8, 4) is 0 Å². The molecule has 0 radical (unpaired) electrons. The molecule has 0 aliphatic rings. The first-order valence-electron chi connectivity index (χ1n) is 5.97. The van der Waals surface area contributed by atoms with Crippen molar-refractivity contribution in [1.29, 1.82) is 0 Å². The van der Waals surface area contributed by atoms with Gasteiger partial charge in [-0.2, -0.15) is 0 Å². The summed E-state index contributed by atoms with van der Waals surface area (Å²) in [6.07, 6.45) is -1.43. The van der Waals surface area contributed by atoms with E-state index >= 15 is 0 Å².